The maximum absolute atomic E-state index is 13.7. The van der Waals surface area contributed by atoms with Crippen molar-refractivity contribution < 1.29 is 14.3 Å². The maximum Gasteiger partial charge on any atom is 0.247 e. The molecule has 3 aromatic rings. The van der Waals surface area contributed by atoms with Gasteiger partial charge in [0.2, 0.25) is 11.8 Å². The Kier molecular flexibility index (Phi) is 6.97. The summed E-state index contributed by atoms with van der Waals surface area (Å²) in [5.74, 6) is 0.858. The summed E-state index contributed by atoms with van der Waals surface area (Å²) < 4.78 is 6.89. The Morgan fingerprint density at radius 2 is 2.00 bits per heavy atom. The molecule has 1 fully saturated rings. The van der Waals surface area contributed by atoms with Crippen LogP contribution in [0.3, 0.4) is 0 Å². The van der Waals surface area contributed by atoms with E-state index in [0.717, 1.165) is 29.8 Å². The highest BCUT2D eigenvalue weighted by Crippen LogP contribution is 2.25. The topological polar surface area (TPSA) is 102 Å². The summed E-state index contributed by atoms with van der Waals surface area (Å²) in [7, 11) is 1.61. The van der Waals surface area contributed by atoms with Crippen LogP contribution in [0, 0.1) is 12.8 Å². The number of carbonyl (C=O) groups excluding carboxylic acids is 2. The van der Waals surface area contributed by atoms with Crippen molar-refractivity contribution in [3.05, 3.63) is 66.0 Å². The highest BCUT2D eigenvalue weighted by Gasteiger charge is 2.34. The second-order valence-corrected chi connectivity index (χ2v) is 8.22. The standard InChI is InChI=1S/C24H28N6O3/c1-17-26-27-28-30(17)22(15-18-8-6-12-21(14-18)33-2)24(32)29-13-7-9-19(16-29)23(31)25-20-10-4-3-5-11-20/h3-6,8,10-12,14,19,22H,7,9,13,15-16H2,1-2H3,(H,25,31)/t19-,22-/m1/s1. The normalized spacial score (nSPS) is 16.8. The van der Waals surface area contributed by atoms with Crippen LogP contribution in [0.4, 0.5) is 5.69 Å². The first kappa shape index (κ1) is 22.4. The predicted molar refractivity (Wildman–Crippen MR) is 123 cm³/mol. The summed E-state index contributed by atoms with van der Waals surface area (Å²) >= 11 is 0. The van der Waals surface area contributed by atoms with E-state index in [9.17, 15) is 9.59 Å². The molecule has 2 amide bonds. The lowest BCUT2D eigenvalue weighted by Gasteiger charge is -2.34. The van der Waals surface area contributed by atoms with Gasteiger partial charge in [0, 0.05) is 25.2 Å². The lowest BCUT2D eigenvalue weighted by molar-refractivity contribution is -0.138. The van der Waals surface area contributed by atoms with Gasteiger partial charge in [-0.3, -0.25) is 9.59 Å². The highest BCUT2D eigenvalue weighted by molar-refractivity contribution is 5.93. The lowest BCUT2D eigenvalue weighted by Crippen LogP contribution is -2.47. The Hall–Kier alpha value is -3.75. The van der Waals surface area contributed by atoms with Crippen molar-refractivity contribution in [1.82, 2.24) is 25.1 Å². The van der Waals surface area contributed by atoms with Crippen molar-refractivity contribution in [2.45, 2.75) is 32.2 Å². The molecule has 0 aliphatic carbocycles. The fourth-order valence-electron chi connectivity index (χ4n) is 4.20. The van der Waals surface area contributed by atoms with Gasteiger partial charge in [-0.1, -0.05) is 30.3 Å². The molecule has 2 atom stereocenters. The van der Waals surface area contributed by atoms with E-state index in [2.05, 4.69) is 20.8 Å². The second-order valence-electron chi connectivity index (χ2n) is 8.22. The number of amides is 2. The van der Waals surface area contributed by atoms with Gasteiger partial charge < -0.3 is 15.0 Å². The van der Waals surface area contributed by atoms with E-state index in [0.29, 0.717) is 25.3 Å². The molecule has 1 aliphatic rings. The summed E-state index contributed by atoms with van der Waals surface area (Å²) in [6.45, 7) is 2.75. The number of hydrogen-bond acceptors (Lipinski definition) is 6. The van der Waals surface area contributed by atoms with Crippen LogP contribution in [0.15, 0.2) is 54.6 Å². The van der Waals surface area contributed by atoms with E-state index >= 15 is 0 Å². The zero-order chi connectivity index (χ0) is 23.2. The molecule has 9 heteroatoms. The molecule has 0 unspecified atom stereocenters. The third kappa shape index (κ3) is 5.36. The van der Waals surface area contributed by atoms with Gasteiger partial charge in [0.05, 0.1) is 13.0 Å². The number of carbonyl (C=O) groups is 2. The van der Waals surface area contributed by atoms with E-state index in [4.69, 9.17) is 4.74 Å². The Morgan fingerprint density at radius 1 is 1.18 bits per heavy atom. The highest BCUT2D eigenvalue weighted by atomic mass is 16.5. The monoisotopic (exact) mass is 448 g/mol. The zero-order valence-electron chi connectivity index (χ0n) is 18.8. The number of rotatable bonds is 7. The number of aryl methyl sites for hydroxylation is 1. The van der Waals surface area contributed by atoms with E-state index in [1.807, 2.05) is 54.6 Å². The molecule has 33 heavy (non-hydrogen) atoms. The SMILES string of the molecule is COc1cccc(C[C@H](C(=O)N2CCC[C@@H](C(=O)Nc3ccccc3)C2)n2nnnc2C)c1. The van der Waals surface area contributed by atoms with Crippen molar-refractivity contribution in [1.29, 1.82) is 0 Å². The molecule has 0 bridgehead atoms. The number of piperidine rings is 1. The number of hydrogen-bond donors (Lipinski definition) is 1. The Labute approximate surface area is 192 Å². The number of para-hydroxylation sites is 1. The van der Waals surface area contributed by atoms with Crippen LogP contribution in [0.25, 0.3) is 0 Å². The summed E-state index contributed by atoms with van der Waals surface area (Å²) in [4.78, 5) is 28.3. The number of ether oxygens (including phenoxy) is 1. The minimum atomic E-state index is -0.608. The first-order valence-corrected chi connectivity index (χ1v) is 11.1. The summed E-state index contributed by atoms with van der Waals surface area (Å²) in [6.07, 6.45) is 1.92. The molecule has 1 aliphatic heterocycles. The first-order valence-electron chi connectivity index (χ1n) is 11.1. The van der Waals surface area contributed by atoms with Crippen LogP contribution in [-0.2, 0) is 16.0 Å². The molecule has 2 heterocycles. The fraction of sp³-hybridized carbons (Fsp3) is 0.375. The maximum atomic E-state index is 13.7. The third-order valence-corrected chi connectivity index (χ3v) is 5.95. The zero-order valence-corrected chi connectivity index (χ0v) is 18.8. The van der Waals surface area contributed by atoms with Crippen molar-refractivity contribution in [3.8, 4) is 5.75 Å². The summed E-state index contributed by atoms with van der Waals surface area (Å²) in [5.41, 5.74) is 1.70. The molecule has 1 saturated heterocycles. The Balaban J connectivity index is 1.51. The summed E-state index contributed by atoms with van der Waals surface area (Å²) in [6, 6.07) is 16.4. The number of tetrazole rings is 1. The van der Waals surface area contributed by atoms with Crippen molar-refractivity contribution >= 4 is 17.5 Å². The lowest BCUT2D eigenvalue weighted by atomic mass is 9.95. The van der Waals surface area contributed by atoms with Crippen molar-refractivity contribution in [2.75, 3.05) is 25.5 Å². The van der Waals surface area contributed by atoms with Gasteiger partial charge >= 0.3 is 0 Å². The van der Waals surface area contributed by atoms with Gasteiger partial charge in [-0.25, -0.2) is 4.68 Å². The molecule has 0 radical (unpaired) electrons. The molecule has 4 rings (SSSR count). The predicted octanol–water partition coefficient (Wildman–Crippen LogP) is 2.65. The smallest absolute Gasteiger partial charge is 0.247 e. The molecule has 0 saturated carbocycles. The van der Waals surface area contributed by atoms with Gasteiger partial charge in [-0.15, -0.1) is 5.10 Å². The third-order valence-electron chi connectivity index (χ3n) is 5.95. The van der Waals surface area contributed by atoms with E-state index in [1.165, 1.54) is 0 Å². The number of aromatic nitrogens is 4. The second kappa shape index (κ2) is 10.2. The van der Waals surface area contributed by atoms with Gasteiger partial charge in [-0.2, -0.15) is 0 Å². The van der Waals surface area contributed by atoms with Crippen LogP contribution < -0.4 is 10.1 Å². The molecule has 1 N–H and O–H groups in total. The van der Waals surface area contributed by atoms with Gasteiger partial charge in [-0.05, 0) is 60.0 Å². The van der Waals surface area contributed by atoms with E-state index in [-0.39, 0.29) is 17.7 Å². The fourth-order valence-corrected chi connectivity index (χ4v) is 4.20. The average molecular weight is 449 g/mol. The number of nitrogens with zero attached hydrogens (tertiary/aromatic N) is 5. The molecular weight excluding hydrogens is 420 g/mol. The van der Waals surface area contributed by atoms with Gasteiger partial charge in [0.25, 0.3) is 0 Å². The number of anilines is 1. The molecule has 172 valence electrons. The number of benzene rings is 2. The largest absolute Gasteiger partial charge is 0.497 e. The Morgan fingerprint density at radius 3 is 2.73 bits per heavy atom. The van der Waals surface area contributed by atoms with Crippen LogP contribution >= 0.6 is 0 Å². The minimum Gasteiger partial charge on any atom is -0.497 e. The van der Waals surface area contributed by atoms with Crippen molar-refractivity contribution in [3.63, 3.8) is 0 Å². The minimum absolute atomic E-state index is 0.0679. The summed E-state index contributed by atoms with van der Waals surface area (Å²) in [5, 5.41) is 14.8. The van der Waals surface area contributed by atoms with Crippen LogP contribution in [0.5, 0.6) is 5.75 Å². The van der Waals surface area contributed by atoms with Gasteiger partial charge in [0.1, 0.15) is 17.6 Å². The molecular formula is C24H28N6O3. The van der Waals surface area contributed by atoms with Crippen LogP contribution in [0.2, 0.25) is 0 Å². The van der Waals surface area contributed by atoms with Gasteiger partial charge in [0.15, 0.2) is 0 Å². The van der Waals surface area contributed by atoms with Crippen LogP contribution in [-0.4, -0.2) is 57.1 Å². The average Bonchev–Trinajstić information content (AvgIpc) is 3.28. The molecule has 2 aromatic carbocycles. The number of methoxy groups -OCH3 is 1. The van der Waals surface area contributed by atoms with Crippen molar-refractivity contribution in [2.24, 2.45) is 5.92 Å². The molecule has 1 aromatic heterocycles. The first-order chi connectivity index (χ1) is 16.0. The molecule has 0 spiro atoms. The van der Waals surface area contributed by atoms with Crippen LogP contribution in [0.1, 0.15) is 30.3 Å². The number of likely N-dealkylation sites (tertiary alicyclic amines) is 1. The molecule has 9 nitrogen and oxygen atoms in total. The van der Waals surface area contributed by atoms with E-state index < -0.39 is 6.04 Å². The Bertz CT molecular complexity index is 1100. The van der Waals surface area contributed by atoms with E-state index in [1.54, 1.807) is 23.6 Å². The quantitative estimate of drug-likeness (QED) is 0.596. The number of nitrogens with one attached hydrogen (secondary N) is 1.